The van der Waals surface area contributed by atoms with E-state index in [9.17, 15) is 5.11 Å². The Bertz CT molecular complexity index is 417. The third kappa shape index (κ3) is 4.22. The summed E-state index contributed by atoms with van der Waals surface area (Å²) in [6, 6.07) is 6.34. The Morgan fingerprint density at radius 1 is 1.25 bits per heavy atom. The molecule has 0 heterocycles. The molecule has 0 aliphatic rings. The van der Waals surface area contributed by atoms with Crippen LogP contribution in [-0.2, 0) is 0 Å². The van der Waals surface area contributed by atoms with Crippen molar-refractivity contribution in [1.29, 1.82) is 0 Å². The zero-order chi connectivity index (χ0) is 15.3. The summed E-state index contributed by atoms with van der Waals surface area (Å²) < 4.78 is 5.27. The fraction of sp³-hybridized carbons (Fsp3) is 0.647. The molecule has 3 unspecified atom stereocenters. The van der Waals surface area contributed by atoms with Gasteiger partial charge in [0.25, 0.3) is 0 Å². The predicted octanol–water partition coefficient (Wildman–Crippen LogP) is 3.45. The number of nitrogens with one attached hydrogen (secondary N) is 1. The van der Waals surface area contributed by atoms with Crippen LogP contribution in [0, 0.1) is 12.8 Å². The van der Waals surface area contributed by atoms with Crippen molar-refractivity contribution >= 4 is 0 Å². The molecule has 20 heavy (non-hydrogen) atoms. The standard InChI is InChI=1S/C17H29NO2/c1-7-13(5)18-16(11(2)3)17(19)14-8-9-15(20-6)12(4)10-14/h8-11,13,16-19H,7H2,1-6H3. The number of methoxy groups -OCH3 is 1. The van der Waals surface area contributed by atoms with Gasteiger partial charge in [-0.15, -0.1) is 0 Å². The molecular formula is C17H29NO2. The molecule has 0 fully saturated rings. The molecule has 0 saturated carbocycles. The number of ether oxygens (including phenoxy) is 1. The first-order valence-electron chi connectivity index (χ1n) is 7.49. The molecule has 0 aliphatic heterocycles. The van der Waals surface area contributed by atoms with Crippen molar-refractivity contribution < 1.29 is 9.84 Å². The van der Waals surface area contributed by atoms with Crippen molar-refractivity contribution in [1.82, 2.24) is 5.32 Å². The highest BCUT2D eigenvalue weighted by Crippen LogP contribution is 2.27. The van der Waals surface area contributed by atoms with Crippen molar-refractivity contribution in [3.05, 3.63) is 29.3 Å². The van der Waals surface area contributed by atoms with Crippen molar-refractivity contribution in [2.24, 2.45) is 5.92 Å². The highest BCUT2D eigenvalue weighted by Gasteiger charge is 2.25. The van der Waals surface area contributed by atoms with Gasteiger partial charge in [0, 0.05) is 12.1 Å². The smallest absolute Gasteiger partial charge is 0.121 e. The van der Waals surface area contributed by atoms with Gasteiger partial charge in [-0.3, -0.25) is 0 Å². The van der Waals surface area contributed by atoms with Crippen LogP contribution >= 0.6 is 0 Å². The van der Waals surface area contributed by atoms with Gasteiger partial charge in [-0.1, -0.05) is 26.8 Å². The van der Waals surface area contributed by atoms with Gasteiger partial charge in [-0.2, -0.15) is 0 Å². The van der Waals surface area contributed by atoms with E-state index in [1.807, 2.05) is 25.1 Å². The molecule has 1 aromatic rings. The summed E-state index contributed by atoms with van der Waals surface area (Å²) in [5.41, 5.74) is 1.99. The lowest BCUT2D eigenvalue weighted by atomic mass is 9.91. The van der Waals surface area contributed by atoms with E-state index < -0.39 is 6.10 Å². The zero-order valence-electron chi connectivity index (χ0n) is 13.6. The summed E-state index contributed by atoms with van der Waals surface area (Å²) >= 11 is 0. The minimum atomic E-state index is -0.506. The van der Waals surface area contributed by atoms with Crippen molar-refractivity contribution in [2.75, 3.05) is 7.11 Å². The summed E-state index contributed by atoms with van der Waals surface area (Å²) in [7, 11) is 1.67. The van der Waals surface area contributed by atoms with E-state index in [1.54, 1.807) is 7.11 Å². The van der Waals surface area contributed by atoms with Crippen LogP contribution in [0.15, 0.2) is 18.2 Å². The molecule has 1 rings (SSSR count). The third-order valence-electron chi connectivity index (χ3n) is 3.91. The quantitative estimate of drug-likeness (QED) is 0.803. The molecular weight excluding hydrogens is 250 g/mol. The molecule has 1 aromatic carbocycles. The van der Waals surface area contributed by atoms with E-state index >= 15 is 0 Å². The minimum Gasteiger partial charge on any atom is -0.496 e. The monoisotopic (exact) mass is 279 g/mol. The Kier molecular flexibility index (Phi) is 6.50. The molecule has 114 valence electrons. The first kappa shape index (κ1) is 17.0. The van der Waals surface area contributed by atoms with Crippen LogP contribution in [0.1, 0.15) is 51.3 Å². The summed E-state index contributed by atoms with van der Waals surface area (Å²) in [5.74, 6) is 1.22. The maximum absolute atomic E-state index is 10.7. The van der Waals surface area contributed by atoms with E-state index in [4.69, 9.17) is 4.74 Å². The molecule has 3 nitrogen and oxygen atoms in total. The van der Waals surface area contributed by atoms with Crippen molar-refractivity contribution in [2.45, 2.75) is 59.2 Å². The molecule has 0 radical (unpaired) electrons. The van der Waals surface area contributed by atoms with E-state index in [1.165, 1.54) is 0 Å². The average molecular weight is 279 g/mol. The van der Waals surface area contributed by atoms with Gasteiger partial charge in [0.15, 0.2) is 0 Å². The second kappa shape index (κ2) is 7.65. The van der Waals surface area contributed by atoms with Crippen molar-refractivity contribution in [3.8, 4) is 5.75 Å². The number of hydrogen-bond acceptors (Lipinski definition) is 3. The van der Waals surface area contributed by atoms with Crippen LogP contribution in [-0.4, -0.2) is 24.3 Å². The average Bonchev–Trinajstić information content (AvgIpc) is 2.43. The van der Waals surface area contributed by atoms with E-state index in [-0.39, 0.29) is 6.04 Å². The summed E-state index contributed by atoms with van der Waals surface area (Å²) in [4.78, 5) is 0. The number of benzene rings is 1. The van der Waals surface area contributed by atoms with Crippen LogP contribution in [0.2, 0.25) is 0 Å². The van der Waals surface area contributed by atoms with Crippen LogP contribution in [0.25, 0.3) is 0 Å². The van der Waals surface area contributed by atoms with Crippen LogP contribution in [0.5, 0.6) is 5.75 Å². The lowest BCUT2D eigenvalue weighted by Gasteiger charge is -2.31. The van der Waals surface area contributed by atoms with Crippen LogP contribution in [0.4, 0.5) is 0 Å². The first-order chi connectivity index (χ1) is 9.40. The Morgan fingerprint density at radius 2 is 1.90 bits per heavy atom. The Morgan fingerprint density at radius 3 is 2.35 bits per heavy atom. The van der Waals surface area contributed by atoms with Gasteiger partial charge >= 0.3 is 0 Å². The number of aliphatic hydroxyl groups excluding tert-OH is 1. The maximum Gasteiger partial charge on any atom is 0.121 e. The Labute approximate surface area is 123 Å². The van der Waals surface area contributed by atoms with Gasteiger partial charge in [-0.05, 0) is 49.4 Å². The summed E-state index contributed by atoms with van der Waals surface area (Å²) in [6.07, 6.45) is 0.547. The highest BCUT2D eigenvalue weighted by atomic mass is 16.5. The lowest BCUT2D eigenvalue weighted by Crippen LogP contribution is -2.43. The predicted molar refractivity (Wildman–Crippen MR) is 84.2 cm³/mol. The zero-order valence-corrected chi connectivity index (χ0v) is 13.6. The molecule has 2 N–H and O–H groups in total. The molecule has 0 aromatic heterocycles. The Balaban J connectivity index is 2.94. The summed E-state index contributed by atoms with van der Waals surface area (Å²) in [6.45, 7) is 10.6. The minimum absolute atomic E-state index is 0.0535. The SMILES string of the molecule is CCC(C)NC(C(C)C)C(O)c1ccc(OC)c(C)c1. The van der Waals surface area contributed by atoms with Gasteiger partial charge in [-0.25, -0.2) is 0 Å². The fourth-order valence-corrected chi connectivity index (χ4v) is 2.39. The molecule has 3 heteroatoms. The van der Waals surface area contributed by atoms with Gasteiger partial charge in [0.05, 0.1) is 13.2 Å². The lowest BCUT2D eigenvalue weighted by molar-refractivity contribution is 0.0985. The second-order valence-electron chi connectivity index (χ2n) is 5.92. The fourth-order valence-electron chi connectivity index (χ4n) is 2.39. The molecule has 3 atom stereocenters. The number of aliphatic hydroxyl groups is 1. The Hall–Kier alpha value is -1.06. The number of hydrogen-bond donors (Lipinski definition) is 2. The highest BCUT2D eigenvalue weighted by molar-refractivity contribution is 5.37. The second-order valence-corrected chi connectivity index (χ2v) is 5.92. The molecule has 0 amide bonds. The van der Waals surface area contributed by atoms with Gasteiger partial charge in [0.2, 0.25) is 0 Å². The van der Waals surface area contributed by atoms with Gasteiger partial charge < -0.3 is 15.2 Å². The number of rotatable bonds is 7. The summed E-state index contributed by atoms with van der Waals surface area (Å²) in [5, 5.41) is 14.2. The van der Waals surface area contributed by atoms with Gasteiger partial charge in [0.1, 0.15) is 5.75 Å². The largest absolute Gasteiger partial charge is 0.496 e. The normalized spacial score (nSPS) is 16.0. The molecule has 0 saturated heterocycles. The van der Waals surface area contributed by atoms with Crippen LogP contribution in [0.3, 0.4) is 0 Å². The van der Waals surface area contributed by atoms with Crippen molar-refractivity contribution in [3.63, 3.8) is 0 Å². The molecule has 0 aliphatic carbocycles. The van der Waals surface area contributed by atoms with E-state index in [0.29, 0.717) is 12.0 Å². The van der Waals surface area contributed by atoms with Crippen LogP contribution < -0.4 is 10.1 Å². The van der Waals surface area contributed by atoms with E-state index in [0.717, 1.165) is 23.3 Å². The maximum atomic E-state index is 10.7. The molecule has 0 bridgehead atoms. The van der Waals surface area contributed by atoms with E-state index in [2.05, 4.69) is 33.0 Å². The topological polar surface area (TPSA) is 41.5 Å². The molecule has 0 spiro atoms. The number of aryl methyl sites for hydroxylation is 1. The third-order valence-corrected chi connectivity index (χ3v) is 3.91. The first-order valence-corrected chi connectivity index (χ1v) is 7.49.